The van der Waals surface area contributed by atoms with Gasteiger partial charge in [0.15, 0.2) is 0 Å². The number of hydrogen-bond donors (Lipinski definition) is 2. The van der Waals surface area contributed by atoms with E-state index in [9.17, 15) is 4.79 Å². The van der Waals surface area contributed by atoms with Gasteiger partial charge in [-0.25, -0.2) is 0 Å². The zero-order valence-corrected chi connectivity index (χ0v) is 10.5. The average molecular weight is 257 g/mol. The summed E-state index contributed by atoms with van der Waals surface area (Å²) in [5, 5.41) is 3.12. The van der Waals surface area contributed by atoms with Gasteiger partial charge in [-0.05, 0) is 23.1 Å². The van der Waals surface area contributed by atoms with Crippen LogP contribution in [0.25, 0.3) is 0 Å². The first-order valence-electron chi connectivity index (χ1n) is 5.35. The van der Waals surface area contributed by atoms with Crippen molar-refractivity contribution < 1.29 is 9.53 Å². The van der Waals surface area contributed by atoms with Gasteiger partial charge < -0.3 is 15.8 Å². The van der Waals surface area contributed by atoms with Crippen LogP contribution in [0.5, 0.6) is 0 Å². The second-order valence-electron chi connectivity index (χ2n) is 4.01. The van der Waals surface area contributed by atoms with Gasteiger partial charge in [0.1, 0.15) is 6.04 Å². The smallest absolute Gasteiger partial charge is 0.239 e. The fourth-order valence-electron chi connectivity index (χ4n) is 2.13. The summed E-state index contributed by atoms with van der Waals surface area (Å²) in [4.78, 5) is 11.3. The molecule has 17 heavy (non-hydrogen) atoms. The molecule has 0 fully saturated rings. The molecule has 0 aliphatic carbocycles. The molecular weight excluding hydrogens is 240 g/mol. The lowest BCUT2D eigenvalue weighted by Gasteiger charge is -2.25. The summed E-state index contributed by atoms with van der Waals surface area (Å²) in [6, 6.07) is 5.69. The third-order valence-corrected chi connectivity index (χ3v) is 2.86. The summed E-state index contributed by atoms with van der Waals surface area (Å²) in [7, 11) is 1.67. The zero-order chi connectivity index (χ0) is 11.5. The fourth-order valence-corrected chi connectivity index (χ4v) is 2.13. The number of carbonyl (C=O) groups is 1. The van der Waals surface area contributed by atoms with E-state index in [4.69, 9.17) is 10.5 Å². The van der Waals surface area contributed by atoms with Gasteiger partial charge in [0.2, 0.25) is 5.91 Å². The molecule has 1 heterocycles. The third-order valence-electron chi connectivity index (χ3n) is 2.86. The largest absolute Gasteiger partial charge is 0.380 e. The first kappa shape index (κ1) is 14.0. The van der Waals surface area contributed by atoms with Gasteiger partial charge >= 0.3 is 0 Å². The number of hydrogen-bond acceptors (Lipinski definition) is 3. The molecule has 0 saturated carbocycles. The first-order valence-corrected chi connectivity index (χ1v) is 5.35. The van der Waals surface area contributed by atoms with Crippen LogP contribution in [0.2, 0.25) is 0 Å². The van der Waals surface area contributed by atoms with Crippen LogP contribution < -0.4 is 11.1 Å². The molecule has 5 heteroatoms. The van der Waals surface area contributed by atoms with Crippen LogP contribution in [0.3, 0.4) is 0 Å². The molecule has 2 rings (SSSR count). The molecule has 0 bridgehead atoms. The summed E-state index contributed by atoms with van der Waals surface area (Å²) in [5.74, 6) is -0.319. The molecule has 1 aliphatic heterocycles. The molecule has 4 nitrogen and oxygen atoms in total. The van der Waals surface area contributed by atoms with Gasteiger partial charge in [0.25, 0.3) is 0 Å². The lowest BCUT2D eigenvalue weighted by Crippen LogP contribution is -2.38. The molecule has 1 unspecified atom stereocenters. The molecule has 1 aromatic rings. The van der Waals surface area contributed by atoms with Gasteiger partial charge in [-0.3, -0.25) is 4.79 Å². The van der Waals surface area contributed by atoms with Crippen molar-refractivity contribution in [2.75, 3.05) is 13.7 Å². The molecule has 0 saturated heterocycles. The molecule has 1 amide bonds. The predicted octanol–water partition coefficient (Wildman–Crippen LogP) is 0.927. The van der Waals surface area contributed by atoms with Gasteiger partial charge in [0, 0.05) is 13.7 Å². The number of carbonyl (C=O) groups excluding carboxylic acids is 1. The van der Waals surface area contributed by atoms with Crippen LogP contribution in [0, 0.1) is 0 Å². The van der Waals surface area contributed by atoms with E-state index >= 15 is 0 Å². The van der Waals surface area contributed by atoms with Crippen LogP contribution in [0.4, 0.5) is 0 Å². The number of benzene rings is 1. The summed E-state index contributed by atoms with van der Waals surface area (Å²) >= 11 is 0. The molecule has 0 spiro atoms. The number of ether oxygens (including phenoxy) is 1. The number of nitrogens with two attached hydrogens (primary N) is 1. The second-order valence-corrected chi connectivity index (χ2v) is 4.01. The van der Waals surface area contributed by atoms with E-state index in [1.165, 1.54) is 5.56 Å². The summed E-state index contributed by atoms with van der Waals surface area (Å²) < 4.78 is 5.09. The molecule has 1 atom stereocenters. The highest BCUT2D eigenvalue weighted by Gasteiger charge is 2.23. The van der Waals surface area contributed by atoms with Crippen molar-refractivity contribution in [3.05, 3.63) is 34.9 Å². The summed E-state index contributed by atoms with van der Waals surface area (Å²) in [6.45, 7) is 1.39. The Labute approximate surface area is 107 Å². The van der Waals surface area contributed by atoms with Gasteiger partial charge in [-0.15, -0.1) is 12.4 Å². The first-order chi connectivity index (χ1) is 7.72. The van der Waals surface area contributed by atoms with Crippen molar-refractivity contribution in [2.24, 2.45) is 5.73 Å². The Kier molecular flexibility index (Phi) is 4.93. The number of primary amides is 1. The van der Waals surface area contributed by atoms with E-state index < -0.39 is 0 Å². The molecule has 0 radical (unpaired) electrons. The van der Waals surface area contributed by atoms with E-state index in [0.717, 1.165) is 24.1 Å². The number of fused-ring (bicyclic) bond motifs is 1. The zero-order valence-electron chi connectivity index (χ0n) is 9.73. The maximum Gasteiger partial charge on any atom is 0.239 e. The standard InChI is InChI=1S/C12H16N2O2.ClH/c1-16-7-8-2-3-10-9(6-8)4-5-14-11(10)12(13)15;/h2-3,6,11,14H,4-5,7H2,1H3,(H2,13,15);1H. The topological polar surface area (TPSA) is 64.3 Å². The van der Waals surface area contributed by atoms with Crippen LogP contribution in [-0.4, -0.2) is 19.6 Å². The monoisotopic (exact) mass is 256 g/mol. The van der Waals surface area contributed by atoms with E-state index in [1.54, 1.807) is 7.11 Å². The van der Waals surface area contributed by atoms with Gasteiger partial charge in [0.05, 0.1) is 6.61 Å². The lowest BCUT2D eigenvalue weighted by molar-refractivity contribution is -0.120. The molecule has 0 aromatic heterocycles. The highest BCUT2D eigenvalue weighted by Crippen LogP contribution is 2.23. The second kappa shape index (κ2) is 6.00. The summed E-state index contributed by atoms with van der Waals surface area (Å²) in [5.41, 5.74) is 8.67. The van der Waals surface area contributed by atoms with Crippen molar-refractivity contribution in [3.63, 3.8) is 0 Å². The molecule has 94 valence electrons. The highest BCUT2D eigenvalue weighted by atomic mass is 35.5. The van der Waals surface area contributed by atoms with Crippen LogP contribution in [0.15, 0.2) is 18.2 Å². The quantitative estimate of drug-likeness (QED) is 0.846. The Morgan fingerprint density at radius 1 is 1.59 bits per heavy atom. The van der Waals surface area contributed by atoms with E-state index in [1.807, 2.05) is 12.1 Å². The fraction of sp³-hybridized carbons (Fsp3) is 0.417. The average Bonchev–Trinajstić information content (AvgIpc) is 2.28. The minimum absolute atomic E-state index is 0. The highest BCUT2D eigenvalue weighted by molar-refractivity contribution is 5.85. The van der Waals surface area contributed by atoms with E-state index in [0.29, 0.717) is 6.61 Å². The number of halogens is 1. The normalized spacial score (nSPS) is 18.1. The molecule has 1 aliphatic rings. The summed E-state index contributed by atoms with van der Waals surface area (Å²) in [6.07, 6.45) is 0.927. The van der Waals surface area contributed by atoms with Crippen LogP contribution in [-0.2, 0) is 22.6 Å². The number of methoxy groups -OCH3 is 1. The molecular formula is C12H17ClN2O2. The Hall–Kier alpha value is -1.10. The predicted molar refractivity (Wildman–Crippen MR) is 68.0 cm³/mol. The molecule has 3 N–H and O–H groups in total. The van der Waals surface area contributed by atoms with Crippen molar-refractivity contribution >= 4 is 18.3 Å². The Morgan fingerprint density at radius 3 is 3.00 bits per heavy atom. The SMILES string of the molecule is COCc1ccc2c(c1)CCNC2C(N)=O.Cl. The Morgan fingerprint density at radius 2 is 2.35 bits per heavy atom. The minimum Gasteiger partial charge on any atom is -0.380 e. The maximum atomic E-state index is 11.3. The third kappa shape index (κ3) is 2.97. The number of nitrogens with one attached hydrogen (secondary N) is 1. The Bertz CT molecular complexity index is 409. The van der Waals surface area contributed by atoms with Crippen molar-refractivity contribution in [2.45, 2.75) is 19.1 Å². The number of rotatable bonds is 3. The van der Waals surface area contributed by atoms with Gasteiger partial charge in [-0.1, -0.05) is 18.2 Å². The van der Waals surface area contributed by atoms with Crippen LogP contribution >= 0.6 is 12.4 Å². The van der Waals surface area contributed by atoms with E-state index in [-0.39, 0.29) is 24.4 Å². The molecule has 1 aromatic carbocycles. The van der Waals surface area contributed by atoms with Crippen molar-refractivity contribution in [3.8, 4) is 0 Å². The number of amides is 1. The van der Waals surface area contributed by atoms with Gasteiger partial charge in [-0.2, -0.15) is 0 Å². The lowest BCUT2D eigenvalue weighted by atomic mass is 9.92. The van der Waals surface area contributed by atoms with Crippen molar-refractivity contribution in [1.82, 2.24) is 5.32 Å². The minimum atomic E-state index is -0.347. The van der Waals surface area contributed by atoms with Crippen molar-refractivity contribution in [1.29, 1.82) is 0 Å². The maximum absolute atomic E-state index is 11.3. The Balaban J connectivity index is 0.00000144. The van der Waals surface area contributed by atoms with E-state index in [2.05, 4.69) is 11.4 Å². The van der Waals surface area contributed by atoms with Crippen LogP contribution in [0.1, 0.15) is 22.7 Å².